The van der Waals surface area contributed by atoms with Gasteiger partial charge in [0.15, 0.2) is 0 Å². The minimum absolute atomic E-state index is 0.189. The van der Waals surface area contributed by atoms with Crippen molar-refractivity contribution in [2.75, 3.05) is 31.1 Å². The van der Waals surface area contributed by atoms with Crippen molar-refractivity contribution in [1.82, 2.24) is 4.90 Å². The van der Waals surface area contributed by atoms with Gasteiger partial charge < -0.3 is 20.3 Å². The molecule has 0 spiro atoms. The lowest BCUT2D eigenvalue weighted by Crippen LogP contribution is -2.58. The number of piperazine rings is 1. The van der Waals surface area contributed by atoms with E-state index in [0.717, 1.165) is 5.69 Å². The summed E-state index contributed by atoms with van der Waals surface area (Å²) in [5.74, 6) is 0.686. The zero-order chi connectivity index (χ0) is 18.7. The molecule has 1 aliphatic rings. The third-order valence-electron chi connectivity index (χ3n) is 4.29. The monoisotopic (exact) mass is 413 g/mol. The van der Waals surface area contributed by atoms with Crippen molar-refractivity contribution in [3.05, 3.63) is 57.5 Å². The Morgan fingerprint density at radius 2 is 1.81 bits per heavy atom. The van der Waals surface area contributed by atoms with Crippen LogP contribution in [-0.4, -0.2) is 43.2 Å². The fourth-order valence-electron chi connectivity index (χ4n) is 2.93. The smallest absolute Gasteiger partial charge is 0.315 e. The molecule has 26 heavy (non-hydrogen) atoms. The standard InChI is InChI=1S/C18H18Cl3N3O2/c19-12-1-4-15(5-2-12)26-11-14-10-23(7-8-24(14)18(22)25)13-3-6-16(20)17(21)9-13/h1-6,9,14H,7-8,10-11H2,(H2,22,25). The predicted molar refractivity (Wildman–Crippen MR) is 106 cm³/mol. The topological polar surface area (TPSA) is 58.8 Å². The molecule has 0 radical (unpaired) electrons. The van der Waals surface area contributed by atoms with Crippen LogP contribution in [0, 0.1) is 0 Å². The third-order valence-corrected chi connectivity index (χ3v) is 5.28. The first-order chi connectivity index (χ1) is 12.4. The van der Waals surface area contributed by atoms with Crippen LogP contribution in [-0.2, 0) is 0 Å². The maximum atomic E-state index is 11.8. The van der Waals surface area contributed by atoms with Gasteiger partial charge in [-0.2, -0.15) is 0 Å². The lowest BCUT2D eigenvalue weighted by molar-refractivity contribution is 0.139. The number of hydrogen-bond acceptors (Lipinski definition) is 3. The first-order valence-corrected chi connectivity index (χ1v) is 9.22. The molecule has 0 bridgehead atoms. The molecule has 138 valence electrons. The molecule has 2 amide bonds. The number of carbonyl (C=O) groups excluding carboxylic acids is 1. The van der Waals surface area contributed by atoms with Crippen LogP contribution in [0.5, 0.6) is 5.75 Å². The fraction of sp³-hybridized carbons (Fsp3) is 0.278. The second kappa shape index (κ2) is 8.25. The zero-order valence-electron chi connectivity index (χ0n) is 13.9. The normalized spacial score (nSPS) is 17.3. The van der Waals surface area contributed by atoms with Crippen molar-refractivity contribution >= 4 is 46.5 Å². The van der Waals surface area contributed by atoms with Gasteiger partial charge in [-0.1, -0.05) is 34.8 Å². The van der Waals surface area contributed by atoms with Crippen LogP contribution < -0.4 is 15.4 Å². The second-order valence-electron chi connectivity index (χ2n) is 5.99. The van der Waals surface area contributed by atoms with Crippen LogP contribution in [0.15, 0.2) is 42.5 Å². The first kappa shape index (κ1) is 19.0. The maximum Gasteiger partial charge on any atom is 0.315 e. The molecular weight excluding hydrogens is 397 g/mol. The Bertz CT molecular complexity index is 786. The quantitative estimate of drug-likeness (QED) is 0.811. The van der Waals surface area contributed by atoms with Crippen LogP contribution in [0.2, 0.25) is 15.1 Å². The molecule has 0 aromatic heterocycles. The lowest BCUT2D eigenvalue weighted by atomic mass is 10.1. The van der Waals surface area contributed by atoms with Gasteiger partial charge >= 0.3 is 6.03 Å². The highest BCUT2D eigenvalue weighted by Crippen LogP contribution is 2.28. The molecule has 1 saturated heterocycles. The van der Waals surface area contributed by atoms with E-state index in [1.807, 2.05) is 12.1 Å². The molecule has 2 aromatic rings. The molecular formula is C18H18Cl3N3O2. The summed E-state index contributed by atoms with van der Waals surface area (Å²) in [7, 11) is 0. The summed E-state index contributed by atoms with van der Waals surface area (Å²) in [6.45, 7) is 2.06. The molecule has 1 atom stereocenters. The van der Waals surface area contributed by atoms with Gasteiger partial charge in [0.1, 0.15) is 12.4 Å². The van der Waals surface area contributed by atoms with Gasteiger partial charge in [0, 0.05) is 30.3 Å². The number of ether oxygens (including phenoxy) is 1. The minimum atomic E-state index is -0.455. The Hall–Kier alpha value is -1.82. The van der Waals surface area contributed by atoms with E-state index in [0.29, 0.717) is 47.1 Å². The summed E-state index contributed by atoms with van der Waals surface area (Å²) in [5, 5.41) is 1.64. The average molecular weight is 415 g/mol. The Morgan fingerprint density at radius 3 is 2.46 bits per heavy atom. The van der Waals surface area contributed by atoms with Gasteiger partial charge in [-0.05, 0) is 42.5 Å². The number of urea groups is 1. The van der Waals surface area contributed by atoms with Gasteiger partial charge in [0.25, 0.3) is 0 Å². The maximum absolute atomic E-state index is 11.8. The van der Waals surface area contributed by atoms with E-state index in [9.17, 15) is 4.79 Å². The van der Waals surface area contributed by atoms with E-state index in [-0.39, 0.29) is 6.04 Å². The van der Waals surface area contributed by atoms with Crippen molar-refractivity contribution in [3.63, 3.8) is 0 Å². The third kappa shape index (κ3) is 4.47. The Balaban J connectivity index is 1.72. The summed E-state index contributed by atoms with van der Waals surface area (Å²) >= 11 is 18.0. The van der Waals surface area contributed by atoms with Gasteiger partial charge in [-0.3, -0.25) is 0 Å². The van der Waals surface area contributed by atoms with Gasteiger partial charge in [-0.15, -0.1) is 0 Å². The van der Waals surface area contributed by atoms with E-state index in [1.54, 1.807) is 35.2 Å². The highest BCUT2D eigenvalue weighted by molar-refractivity contribution is 6.42. The van der Waals surface area contributed by atoms with E-state index in [4.69, 9.17) is 45.3 Å². The molecule has 1 aliphatic heterocycles. The largest absolute Gasteiger partial charge is 0.491 e. The minimum Gasteiger partial charge on any atom is -0.491 e. The number of hydrogen-bond donors (Lipinski definition) is 1. The lowest BCUT2D eigenvalue weighted by Gasteiger charge is -2.41. The molecule has 0 aliphatic carbocycles. The molecule has 2 N–H and O–H groups in total. The van der Waals surface area contributed by atoms with Gasteiger partial charge in [-0.25, -0.2) is 4.79 Å². The van der Waals surface area contributed by atoms with E-state index in [1.165, 1.54) is 0 Å². The average Bonchev–Trinajstić information content (AvgIpc) is 2.63. The Morgan fingerprint density at radius 1 is 1.08 bits per heavy atom. The van der Waals surface area contributed by atoms with Crippen LogP contribution in [0.1, 0.15) is 0 Å². The van der Waals surface area contributed by atoms with Crippen molar-refractivity contribution in [2.45, 2.75) is 6.04 Å². The SMILES string of the molecule is NC(=O)N1CCN(c2ccc(Cl)c(Cl)c2)CC1COc1ccc(Cl)cc1. The molecule has 0 saturated carbocycles. The molecule has 1 fully saturated rings. The number of nitrogens with two attached hydrogens (primary N) is 1. The zero-order valence-corrected chi connectivity index (χ0v) is 16.1. The fourth-order valence-corrected chi connectivity index (χ4v) is 3.35. The van der Waals surface area contributed by atoms with E-state index < -0.39 is 6.03 Å². The number of halogens is 3. The number of nitrogens with zero attached hydrogens (tertiary/aromatic N) is 2. The van der Waals surface area contributed by atoms with Crippen molar-refractivity contribution in [3.8, 4) is 5.75 Å². The van der Waals surface area contributed by atoms with Crippen LogP contribution in [0.4, 0.5) is 10.5 Å². The molecule has 1 unspecified atom stereocenters. The number of amides is 2. The summed E-state index contributed by atoms with van der Waals surface area (Å²) in [6.07, 6.45) is 0. The predicted octanol–water partition coefficient (Wildman–Crippen LogP) is 4.30. The Labute approximate surface area is 167 Å². The second-order valence-corrected chi connectivity index (χ2v) is 7.25. The van der Waals surface area contributed by atoms with Crippen LogP contribution in [0.25, 0.3) is 0 Å². The summed E-state index contributed by atoms with van der Waals surface area (Å²) in [6, 6.07) is 11.9. The van der Waals surface area contributed by atoms with Crippen LogP contribution >= 0.6 is 34.8 Å². The number of anilines is 1. The van der Waals surface area contributed by atoms with Gasteiger partial charge in [0.2, 0.25) is 0 Å². The van der Waals surface area contributed by atoms with E-state index in [2.05, 4.69) is 4.90 Å². The van der Waals surface area contributed by atoms with Crippen molar-refractivity contribution in [1.29, 1.82) is 0 Å². The summed E-state index contributed by atoms with van der Waals surface area (Å²) < 4.78 is 5.83. The first-order valence-electron chi connectivity index (χ1n) is 8.08. The van der Waals surface area contributed by atoms with Gasteiger partial charge in [0.05, 0.1) is 16.1 Å². The van der Waals surface area contributed by atoms with Crippen molar-refractivity contribution < 1.29 is 9.53 Å². The number of rotatable bonds is 4. The molecule has 2 aromatic carbocycles. The van der Waals surface area contributed by atoms with E-state index >= 15 is 0 Å². The van der Waals surface area contributed by atoms with Crippen molar-refractivity contribution in [2.24, 2.45) is 5.73 Å². The molecule has 8 heteroatoms. The van der Waals surface area contributed by atoms with Crippen LogP contribution in [0.3, 0.4) is 0 Å². The molecule has 1 heterocycles. The summed E-state index contributed by atoms with van der Waals surface area (Å²) in [5.41, 5.74) is 6.48. The highest BCUT2D eigenvalue weighted by Gasteiger charge is 2.30. The molecule has 3 rings (SSSR count). The Kier molecular flexibility index (Phi) is 6.01. The summed E-state index contributed by atoms with van der Waals surface area (Å²) in [4.78, 5) is 15.5. The highest BCUT2D eigenvalue weighted by atomic mass is 35.5. The number of benzene rings is 2. The number of carbonyl (C=O) groups is 1. The number of primary amides is 1. The molecule has 5 nitrogen and oxygen atoms in total.